The molecule has 0 amide bonds. The van der Waals surface area contributed by atoms with Gasteiger partial charge in [0.2, 0.25) is 5.95 Å². The summed E-state index contributed by atoms with van der Waals surface area (Å²) >= 11 is 0. The van der Waals surface area contributed by atoms with Gasteiger partial charge in [-0.05, 0) is 36.8 Å². The first-order valence-electron chi connectivity index (χ1n) is 9.91. The quantitative estimate of drug-likeness (QED) is 0.726. The Kier molecular flexibility index (Phi) is 5.51. The lowest BCUT2D eigenvalue weighted by atomic mass is 10.1. The van der Waals surface area contributed by atoms with Gasteiger partial charge in [-0.2, -0.15) is 0 Å². The number of aryl methyl sites for hydroxylation is 1. The average molecular weight is 390 g/mol. The number of anilines is 2. The van der Waals surface area contributed by atoms with Crippen molar-refractivity contribution in [3.05, 3.63) is 81.8 Å². The molecule has 0 radical (unpaired) electrons. The zero-order valence-electron chi connectivity index (χ0n) is 16.9. The monoisotopic (exact) mass is 390 g/mol. The molecule has 0 bridgehead atoms. The molecule has 0 atom stereocenters. The van der Waals surface area contributed by atoms with E-state index in [-0.39, 0.29) is 5.56 Å². The number of methoxy groups -OCH3 is 1. The fourth-order valence-corrected chi connectivity index (χ4v) is 3.72. The summed E-state index contributed by atoms with van der Waals surface area (Å²) in [6, 6.07) is 18.1. The van der Waals surface area contributed by atoms with E-state index >= 15 is 0 Å². The second-order valence-corrected chi connectivity index (χ2v) is 7.29. The van der Waals surface area contributed by atoms with Crippen LogP contribution < -0.4 is 20.1 Å². The molecule has 2 aromatic carbocycles. The van der Waals surface area contributed by atoms with Gasteiger partial charge in [-0.3, -0.25) is 9.78 Å². The topological polar surface area (TPSA) is 61.5 Å². The van der Waals surface area contributed by atoms with Crippen molar-refractivity contribution in [2.45, 2.75) is 13.3 Å². The molecule has 0 aliphatic carbocycles. The van der Waals surface area contributed by atoms with Crippen LogP contribution >= 0.6 is 0 Å². The van der Waals surface area contributed by atoms with Gasteiger partial charge in [0.25, 0.3) is 5.56 Å². The first-order chi connectivity index (χ1) is 14.1. The Labute approximate surface area is 170 Å². The Morgan fingerprint density at radius 3 is 2.24 bits per heavy atom. The maximum atomic E-state index is 12.7. The number of hydrogen-bond donors (Lipinski definition) is 1. The third-order valence-corrected chi connectivity index (χ3v) is 5.45. The van der Waals surface area contributed by atoms with Crippen molar-refractivity contribution in [2.75, 3.05) is 43.1 Å². The molecule has 1 aromatic heterocycles. The highest BCUT2D eigenvalue weighted by atomic mass is 16.5. The van der Waals surface area contributed by atoms with E-state index in [0.29, 0.717) is 12.4 Å². The Morgan fingerprint density at radius 2 is 1.62 bits per heavy atom. The number of piperazine rings is 1. The largest absolute Gasteiger partial charge is 0.497 e. The third-order valence-electron chi connectivity index (χ3n) is 5.45. The van der Waals surface area contributed by atoms with E-state index in [9.17, 15) is 4.79 Å². The van der Waals surface area contributed by atoms with E-state index in [2.05, 4.69) is 26.9 Å². The van der Waals surface area contributed by atoms with Crippen LogP contribution in [0.1, 0.15) is 16.8 Å². The Bertz CT molecular complexity index is 1010. The molecule has 4 rings (SSSR count). The smallest absolute Gasteiger partial charge is 0.256 e. The van der Waals surface area contributed by atoms with Crippen LogP contribution in [0, 0.1) is 6.92 Å². The summed E-state index contributed by atoms with van der Waals surface area (Å²) in [7, 11) is 1.68. The molecule has 2 heterocycles. The van der Waals surface area contributed by atoms with E-state index in [1.165, 1.54) is 5.69 Å². The zero-order chi connectivity index (χ0) is 20.2. The molecule has 1 N–H and O–H groups in total. The van der Waals surface area contributed by atoms with E-state index in [1.54, 1.807) is 7.11 Å². The van der Waals surface area contributed by atoms with Crippen molar-refractivity contribution in [1.29, 1.82) is 0 Å². The van der Waals surface area contributed by atoms with Gasteiger partial charge in [-0.1, -0.05) is 30.3 Å². The average Bonchev–Trinajstić information content (AvgIpc) is 2.77. The zero-order valence-corrected chi connectivity index (χ0v) is 16.9. The molecule has 29 heavy (non-hydrogen) atoms. The summed E-state index contributed by atoms with van der Waals surface area (Å²) in [6.45, 7) is 5.30. The normalized spacial score (nSPS) is 14.1. The molecule has 6 heteroatoms. The highest BCUT2D eigenvalue weighted by molar-refractivity contribution is 5.51. The van der Waals surface area contributed by atoms with Gasteiger partial charge in [-0.15, -0.1) is 0 Å². The number of H-pyrrole nitrogens is 1. The molecule has 1 fully saturated rings. The van der Waals surface area contributed by atoms with Gasteiger partial charge in [0.1, 0.15) is 5.75 Å². The number of nitrogens with one attached hydrogen (secondary N) is 1. The second-order valence-electron chi connectivity index (χ2n) is 7.29. The minimum absolute atomic E-state index is 0.0473. The lowest BCUT2D eigenvalue weighted by Crippen LogP contribution is -2.47. The van der Waals surface area contributed by atoms with Crippen LogP contribution in [-0.2, 0) is 6.42 Å². The van der Waals surface area contributed by atoms with E-state index < -0.39 is 0 Å². The Hall–Kier alpha value is -3.28. The van der Waals surface area contributed by atoms with Crippen LogP contribution in [0.3, 0.4) is 0 Å². The van der Waals surface area contributed by atoms with Gasteiger partial charge in [-0.25, -0.2) is 4.98 Å². The van der Waals surface area contributed by atoms with Gasteiger partial charge in [0, 0.05) is 43.9 Å². The highest BCUT2D eigenvalue weighted by Crippen LogP contribution is 2.21. The predicted octanol–water partition coefficient (Wildman–Crippen LogP) is 3.00. The van der Waals surface area contributed by atoms with Gasteiger partial charge in [0.15, 0.2) is 0 Å². The summed E-state index contributed by atoms with van der Waals surface area (Å²) in [6.07, 6.45) is 0.598. The molecule has 3 aromatic rings. The summed E-state index contributed by atoms with van der Waals surface area (Å²) in [5.74, 6) is 1.53. The predicted molar refractivity (Wildman–Crippen MR) is 116 cm³/mol. The first kappa shape index (κ1) is 19.1. The lowest BCUT2D eigenvalue weighted by Gasteiger charge is -2.36. The van der Waals surface area contributed by atoms with Crippen molar-refractivity contribution in [3.8, 4) is 5.75 Å². The summed E-state index contributed by atoms with van der Waals surface area (Å²) in [5, 5.41) is 0. The SMILES string of the molecule is COc1ccc(N2CCN(c3nc(C)c(Cc4ccccc4)c(=O)[nH]3)CC2)cc1. The molecule has 150 valence electrons. The van der Waals surface area contributed by atoms with Crippen molar-refractivity contribution in [3.63, 3.8) is 0 Å². The standard InChI is InChI=1S/C23H26N4O2/c1-17-21(16-18-6-4-3-5-7-18)22(28)25-23(24-17)27-14-12-26(13-15-27)19-8-10-20(29-2)11-9-19/h3-11H,12-16H2,1-2H3,(H,24,25,28). The van der Waals surface area contributed by atoms with E-state index in [4.69, 9.17) is 9.72 Å². The first-order valence-corrected chi connectivity index (χ1v) is 9.91. The molecule has 1 aliphatic rings. The molecular formula is C23H26N4O2. The van der Waals surface area contributed by atoms with Gasteiger partial charge >= 0.3 is 0 Å². The minimum Gasteiger partial charge on any atom is -0.497 e. The van der Waals surface area contributed by atoms with Crippen LogP contribution in [-0.4, -0.2) is 43.3 Å². The summed E-state index contributed by atoms with van der Waals surface area (Å²) in [4.78, 5) is 24.9. The molecule has 6 nitrogen and oxygen atoms in total. The Balaban J connectivity index is 1.45. The van der Waals surface area contributed by atoms with Crippen molar-refractivity contribution >= 4 is 11.6 Å². The molecule has 0 spiro atoms. The fraction of sp³-hybridized carbons (Fsp3) is 0.304. The number of nitrogens with zero attached hydrogens (tertiary/aromatic N) is 3. The number of ether oxygens (including phenoxy) is 1. The number of aromatic amines is 1. The minimum atomic E-state index is -0.0473. The fourth-order valence-electron chi connectivity index (χ4n) is 3.72. The maximum Gasteiger partial charge on any atom is 0.256 e. The van der Waals surface area contributed by atoms with Crippen molar-refractivity contribution in [2.24, 2.45) is 0 Å². The summed E-state index contributed by atoms with van der Waals surface area (Å²) < 4.78 is 5.23. The third kappa shape index (κ3) is 4.26. The van der Waals surface area contributed by atoms with Crippen molar-refractivity contribution in [1.82, 2.24) is 9.97 Å². The van der Waals surface area contributed by atoms with E-state index in [1.807, 2.05) is 49.4 Å². The van der Waals surface area contributed by atoms with Crippen LogP contribution in [0.15, 0.2) is 59.4 Å². The Morgan fingerprint density at radius 1 is 0.966 bits per heavy atom. The second kappa shape index (κ2) is 8.39. The molecule has 0 unspecified atom stereocenters. The van der Waals surface area contributed by atoms with Crippen LogP contribution in [0.5, 0.6) is 5.75 Å². The number of rotatable bonds is 5. The molecule has 1 saturated heterocycles. The van der Waals surface area contributed by atoms with Gasteiger partial charge < -0.3 is 14.5 Å². The molecular weight excluding hydrogens is 364 g/mol. The van der Waals surface area contributed by atoms with Crippen LogP contribution in [0.4, 0.5) is 11.6 Å². The number of aromatic nitrogens is 2. The van der Waals surface area contributed by atoms with E-state index in [0.717, 1.165) is 48.7 Å². The number of hydrogen-bond acceptors (Lipinski definition) is 5. The highest BCUT2D eigenvalue weighted by Gasteiger charge is 2.20. The number of benzene rings is 2. The maximum absolute atomic E-state index is 12.7. The van der Waals surface area contributed by atoms with Crippen LogP contribution in [0.25, 0.3) is 0 Å². The summed E-state index contributed by atoms with van der Waals surface area (Å²) in [5.41, 5.74) is 3.78. The van der Waals surface area contributed by atoms with Gasteiger partial charge in [0.05, 0.1) is 12.8 Å². The molecule has 0 saturated carbocycles. The van der Waals surface area contributed by atoms with Crippen molar-refractivity contribution < 1.29 is 4.74 Å². The van der Waals surface area contributed by atoms with Crippen LogP contribution in [0.2, 0.25) is 0 Å². The molecule has 1 aliphatic heterocycles. The lowest BCUT2D eigenvalue weighted by molar-refractivity contribution is 0.415.